The Bertz CT molecular complexity index is 322. The van der Waals surface area contributed by atoms with Gasteiger partial charge in [-0.15, -0.1) is 0 Å². The van der Waals surface area contributed by atoms with Crippen LogP contribution in [0.4, 0.5) is 4.79 Å². The second-order valence-corrected chi connectivity index (χ2v) is 5.40. The van der Waals surface area contributed by atoms with Crippen LogP contribution in [0.2, 0.25) is 0 Å². The Labute approximate surface area is 102 Å². The summed E-state index contributed by atoms with van der Waals surface area (Å²) in [4.78, 5) is 13.5. The first-order valence-corrected chi connectivity index (χ1v) is 5.74. The summed E-state index contributed by atoms with van der Waals surface area (Å²) in [5.41, 5.74) is 0.332. The van der Waals surface area contributed by atoms with Crippen molar-refractivity contribution in [2.24, 2.45) is 0 Å². The Hall–Kier alpha value is -1.01. The summed E-state index contributed by atoms with van der Waals surface area (Å²) in [6.45, 7) is 7.77. The molecule has 1 unspecified atom stereocenters. The topological polar surface area (TPSA) is 70.0 Å². The molecule has 96 valence electrons. The summed E-state index contributed by atoms with van der Waals surface area (Å²) in [5.74, 6) is 1.36. The van der Waals surface area contributed by atoms with Gasteiger partial charge in [-0.3, -0.25) is 0 Å². The summed E-state index contributed by atoms with van der Waals surface area (Å²) >= 11 is 0. The molecule has 0 saturated carbocycles. The van der Waals surface area contributed by atoms with Crippen LogP contribution in [0.3, 0.4) is 0 Å². The van der Waals surface area contributed by atoms with E-state index in [-0.39, 0.29) is 12.1 Å². The predicted molar refractivity (Wildman–Crippen MR) is 65.3 cm³/mol. The lowest BCUT2D eigenvalue weighted by atomic mass is 9.88. The molecule has 1 amide bonds. The Balaban J connectivity index is 2.65. The van der Waals surface area contributed by atoms with Crippen molar-refractivity contribution in [3.8, 4) is 0 Å². The Kier molecular flexibility index (Phi) is 4.22. The minimum Gasteiger partial charge on any atom is -0.444 e. The number of carbonyl (C=O) groups is 1. The molecule has 1 fully saturated rings. The summed E-state index contributed by atoms with van der Waals surface area (Å²) < 4.78 is 5.28. The largest absolute Gasteiger partial charge is 0.480 e. The van der Waals surface area contributed by atoms with Crippen molar-refractivity contribution in [1.29, 1.82) is 0 Å². The Morgan fingerprint density at radius 1 is 1.53 bits per heavy atom. The number of likely N-dealkylation sites (tertiary alicyclic amines) is 1. The maximum absolute atomic E-state index is 11.9. The van der Waals surface area contributed by atoms with Crippen molar-refractivity contribution in [3.63, 3.8) is 0 Å². The molecule has 5 nitrogen and oxygen atoms in total. The molecule has 17 heavy (non-hydrogen) atoms. The number of hydrogen-bond acceptors (Lipinski definition) is 4. The fraction of sp³-hybridized carbons (Fsp3) is 0.727. The molecular weight excluding hydrogens is 221 g/mol. The SMILES string of the molecule is CC1C/C(=C\B(O)O)CN1C(=O)OC(C)(C)C. The molecule has 0 bridgehead atoms. The van der Waals surface area contributed by atoms with Gasteiger partial charge in [0.2, 0.25) is 0 Å². The van der Waals surface area contributed by atoms with Gasteiger partial charge in [0.25, 0.3) is 0 Å². The number of ether oxygens (including phenoxy) is 1. The summed E-state index contributed by atoms with van der Waals surface area (Å²) in [6.07, 6.45) is 0.289. The smallest absolute Gasteiger partial charge is 0.444 e. The third-order valence-corrected chi connectivity index (χ3v) is 2.48. The normalized spacial score (nSPS) is 23.1. The molecule has 0 aliphatic carbocycles. The minimum atomic E-state index is -1.46. The highest BCUT2D eigenvalue weighted by molar-refractivity contribution is 6.47. The zero-order chi connectivity index (χ0) is 13.2. The number of amides is 1. The third-order valence-electron chi connectivity index (χ3n) is 2.48. The van der Waals surface area contributed by atoms with Crippen LogP contribution in [0.25, 0.3) is 0 Å². The van der Waals surface area contributed by atoms with E-state index in [9.17, 15) is 4.79 Å². The second kappa shape index (κ2) is 5.10. The van der Waals surface area contributed by atoms with Gasteiger partial charge in [-0.25, -0.2) is 4.79 Å². The Morgan fingerprint density at radius 2 is 2.12 bits per heavy atom. The van der Waals surface area contributed by atoms with Crippen molar-refractivity contribution in [2.75, 3.05) is 6.54 Å². The molecular formula is C11H20BNO4. The van der Waals surface area contributed by atoms with Gasteiger partial charge in [-0.1, -0.05) is 11.5 Å². The first-order valence-electron chi connectivity index (χ1n) is 5.74. The van der Waals surface area contributed by atoms with Gasteiger partial charge in [-0.05, 0) is 34.1 Å². The number of rotatable bonds is 1. The van der Waals surface area contributed by atoms with Gasteiger partial charge < -0.3 is 19.7 Å². The molecule has 2 N–H and O–H groups in total. The van der Waals surface area contributed by atoms with Gasteiger partial charge in [-0.2, -0.15) is 0 Å². The molecule has 0 aromatic carbocycles. The van der Waals surface area contributed by atoms with E-state index in [0.717, 1.165) is 5.57 Å². The van der Waals surface area contributed by atoms with E-state index in [2.05, 4.69) is 0 Å². The van der Waals surface area contributed by atoms with Crippen LogP contribution >= 0.6 is 0 Å². The highest BCUT2D eigenvalue weighted by atomic mass is 16.6. The molecule has 1 aliphatic rings. The zero-order valence-electron chi connectivity index (χ0n) is 10.8. The maximum atomic E-state index is 11.9. The average Bonchev–Trinajstić information content (AvgIpc) is 2.42. The van der Waals surface area contributed by atoms with E-state index in [1.54, 1.807) is 4.90 Å². The van der Waals surface area contributed by atoms with E-state index < -0.39 is 12.7 Å². The highest BCUT2D eigenvalue weighted by Crippen LogP contribution is 2.24. The molecule has 1 heterocycles. The average molecular weight is 241 g/mol. The first-order chi connectivity index (χ1) is 7.69. The molecule has 1 saturated heterocycles. The van der Waals surface area contributed by atoms with Crippen LogP contribution < -0.4 is 0 Å². The third kappa shape index (κ3) is 4.40. The molecule has 0 aromatic heterocycles. The molecule has 1 rings (SSSR count). The van der Waals surface area contributed by atoms with Crippen LogP contribution in [-0.4, -0.2) is 46.3 Å². The van der Waals surface area contributed by atoms with Crippen molar-refractivity contribution < 1.29 is 19.6 Å². The minimum absolute atomic E-state index is 0.0230. The van der Waals surface area contributed by atoms with Crippen LogP contribution in [0.1, 0.15) is 34.1 Å². The van der Waals surface area contributed by atoms with E-state index >= 15 is 0 Å². The highest BCUT2D eigenvalue weighted by Gasteiger charge is 2.32. The van der Waals surface area contributed by atoms with Gasteiger partial charge in [0.05, 0.1) is 0 Å². The van der Waals surface area contributed by atoms with E-state index in [0.29, 0.717) is 13.0 Å². The van der Waals surface area contributed by atoms with Crippen molar-refractivity contribution in [1.82, 2.24) is 4.90 Å². The van der Waals surface area contributed by atoms with Crippen LogP contribution in [0.15, 0.2) is 11.5 Å². The number of nitrogens with zero attached hydrogens (tertiary/aromatic N) is 1. The van der Waals surface area contributed by atoms with E-state index in [4.69, 9.17) is 14.8 Å². The monoisotopic (exact) mass is 241 g/mol. The fourth-order valence-electron chi connectivity index (χ4n) is 1.83. The zero-order valence-corrected chi connectivity index (χ0v) is 10.8. The van der Waals surface area contributed by atoms with Gasteiger partial charge in [0, 0.05) is 12.6 Å². The molecule has 1 aliphatic heterocycles. The lowest BCUT2D eigenvalue weighted by Crippen LogP contribution is -2.38. The molecule has 0 aromatic rings. The van der Waals surface area contributed by atoms with Crippen molar-refractivity contribution >= 4 is 13.2 Å². The van der Waals surface area contributed by atoms with Gasteiger partial charge in [0.15, 0.2) is 0 Å². The predicted octanol–water partition coefficient (Wildman–Crippen LogP) is 0.954. The van der Waals surface area contributed by atoms with E-state index in [1.165, 1.54) is 5.98 Å². The van der Waals surface area contributed by atoms with Crippen LogP contribution in [-0.2, 0) is 4.74 Å². The Morgan fingerprint density at radius 3 is 2.59 bits per heavy atom. The second-order valence-electron chi connectivity index (χ2n) is 5.40. The lowest BCUT2D eigenvalue weighted by molar-refractivity contribution is 0.0242. The van der Waals surface area contributed by atoms with Crippen molar-refractivity contribution in [3.05, 3.63) is 11.5 Å². The van der Waals surface area contributed by atoms with Crippen LogP contribution in [0, 0.1) is 0 Å². The van der Waals surface area contributed by atoms with Gasteiger partial charge >= 0.3 is 13.2 Å². The summed E-state index contributed by atoms with van der Waals surface area (Å²) in [6, 6.07) is 0.0230. The standard InChI is InChI=1S/C11H20BNO4/c1-8-5-9(6-12(15)16)7-13(8)10(14)17-11(2,3)4/h6,8,15-16H,5,7H2,1-4H3/b9-6+. The molecule has 0 radical (unpaired) electrons. The number of carbonyl (C=O) groups excluding carboxylic acids is 1. The maximum Gasteiger partial charge on any atom is 0.480 e. The molecule has 1 atom stereocenters. The van der Waals surface area contributed by atoms with E-state index in [1.807, 2.05) is 27.7 Å². The first kappa shape index (κ1) is 14.1. The fourth-order valence-corrected chi connectivity index (χ4v) is 1.83. The van der Waals surface area contributed by atoms with Crippen LogP contribution in [0.5, 0.6) is 0 Å². The molecule has 6 heteroatoms. The van der Waals surface area contributed by atoms with Crippen molar-refractivity contribution in [2.45, 2.75) is 45.8 Å². The summed E-state index contributed by atoms with van der Waals surface area (Å²) in [7, 11) is -1.46. The quantitative estimate of drug-likeness (QED) is 0.670. The van der Waals surface area contributed by atoms with Gasteiger partial charge in [0.1, 0.15) is 5.60 Å². The number of hydrogen-bond donors (Lipinski definition) is 2. The lowest BCUT2D eigenvalue weighted by Gasteiger charge is -2.26. The molecule has 0 spiro atoms. The summed E-state index contributed by atoms with van der Waals surface area (Å²) in [5, 5.41) is 17.7.